The molecule has 0 aromatic heterocycles. The van der Waals surface area contributed by atoms with Crippen LogP contribution in [0, 0.1) is 30.6 Å². The smallest absolute Gasteiger partial charge is 0.310 e. The molecule has 0 saturated carbocycles. The molecular weight excluding hydrogens is 548 g/mol. The lowest BCUT2D eigenvalue weighted by Crippen LogP contribution is -2.60. The first-order valence-electron chi connectivity index (χ1n) is 14.2. The van der Waals surface area contributed by atoms with Crippen LogP contribution in [0.5, 0.6) is 0 Å². The number of carbonyl (C=O) groups excluding carboxylic acids is 3. The molecule has 218 valence electrons. The van der Waals surface area contributed by atoms with Crippen molar-refractivity contribution in [3.63, 3.8) is 0 Å². The predicted octanol–water partition coefficient (Wildman–Crippen LogP) is 5.03. The normalized spacial score (nSPS) is 30.1. The van der Waals surface area contributed by atoms with Crippen LogP contribution in [0.1, 0.15) is 45.6 Å². The largest absolute Gasteiger partial charge is 0.465 e. The molecule has 4 rings (SSSR count). The number of aryl methyl sites for hydroxylation is 1. The summed E-state index contributed by atoms with van der Waals surface area (Å²) in [5, 5.41) is 10.9. The molecule has 1 spiro atoms. The molecule has 40 heavy (non-hydrogen) atoms. The van der Waals surface area contributed by atoms with Crippen LogP contribution in [0.25, 0.3) is 0 Å². The Morgan fingerprint density at radius 2 is 2.08 bits per heavy atom. The summed E-state index contributed by atoms with van der Waals surface area (Å²) >= 11 is 8.25. The number of halogens is 1. The summed E-state index contributed by atoms with van der Waals surface area (Å²) < 4.78 is 4.77. The molecule has 8 atom stereocenters. The number of nitrogens with zero attached hydrogens (tertiary/aromatic N) is 2. The topological polar surface area (TPSA) is 87.2 Å². The van der Waals surface area contributed by atoms with E-state index in [-0.39, 0.29) is 48.7 Å². The highest BCUT2D eigenvalue weighted by atomic mass is 35.5. The lowest BCUT2D eigenvalue weighted by Gasteiger charge is -2.43. The van der Waals surface area contributed by atoms with E-state index in [1.54, 1.807) is 39.8 Å². The summed E-state index contributed by atoms with van der Waals surface area (Å²) in [4.78, 5) is 46.1. The zero-order valence-electron chi connectivity index (χ0n) is 23.8. The Kier molecular flexibility index (Phi) is 9.42. The number of likely N-dealkylation sites (tertiary alicyclic amines) is 1. The first kappa shape index (κ1) is 30.7. The van der Waals surface area contributed by atoms with Crippen LogP contribution in [0.4, 0.5) is 5.69 Å². The van der Waals surface area contributed by atoms with Gasteiger partial charge in [0, 0.05) is 11.8 Å². The summed E-state index contributed by atoms with van der Waals surface area (Å²) in [6, 6.07) is 4.01. The predicted molar refractivity (Wildman–Crippen MR) is 160 cm³/mol. The standard InChI is InChI=1S/C31H41ClN2O5S/c1-7-10-15-39-30(38)24-23-16-20(6)31(40-23)25(24)28(36)34(22(17-35)18(4)9-3)27(31)29(37)33(14-8-2)26-19(5)12-11-13-21(26)32/h7-8,11-13,18,20,22-25,27,35H,1-2,9-10,14-17H2,3-6H3/t18-,20?,22-,23-,24+,25-,27?,31?/m0/s1. The SMILES string of the molecule is C=CCCOC(=O)[C@@H]1[C@@H]2CC(C)C3(S2)C(C(=O)N(CC=C)c2c(C)cccc2Cl)N([C@@H](CO)[C@@H](C)CC)C(=O)[C@H]13. The number of amides is 2. The van der Waals surface area contributed by atoms with E-state index in [1.165, 1.54) is 0 Å². The molecule has 1 aromatic carbocycles. The van der Waals surface area contributed by atoms with Crippen molar-refractivity contribution in [3.05, 3.63) is 54.1 Å². The van der Waals surface area contributed by atoms with Crippen molar-refractivity contribution in [3.8, 4) is 0 Å². The van der Waals surface area contributed by atoms with Crippen molar-refractivity contribution < 1.29 is 24.2 Å². The number of aliphatic hydroxyl groups is 1. The molecule has 1 aromatic rings. The molecule has 3 heterocycles. The van der Waals surface area contributed by atoms with Gasteiger partial charge in [-0.1, -0.05) is 63.1 Å². The van der Waals surface area contributed by atoms with E-state index >= 15 is 0 Å². The van der Waals surface area contributed by atoms with Gasteiger partial charge >= 0.3 is 5.97 Å². The van der Waals surface area contributed by atoms with E-state index in [0.717, 1.165) is 5.56 Å². The molecule has 3 saturated heterocycles. The number of benzene rings is 1. The lowest BCUT2D eigenvalue weighted by molar-refractivity contribution is -0.155. The maximum atomic E-state index is 14.9. The van der Waals surface area contributed by atoms with Crippen molar-refractivity contribution in [2.45, 2.75) is 69.0 Å². The number of esters is 1. The number of carbonyl (C=O) groups is 3. The number of aliphatic hydroxyl groups excluding tert-OH is 1. The number of para-hydroxylation sites is 1. The molecule has 3 aliphatic rings. The number of rotatable bonds is 12. The summed E-state index contributed by atoms with van der Waals surface area (Å²) in [5.41, 5.74) is 1.41. The monoisotopic (exact) mass is 588 g/mol. The summed E-state index contributed by atoms with van der Waals surface area (Å²) in [5.74, 6) is -2.36. The second-order valence-electron chi connectivity index (χ2n) is 11.3. The Morgan fingerprint density at radius 1 is 1.35 bits per heavy atom. The average molecular weight is 589 g/mol. The van der Waals surface area contributed by atoms with Crippen molar-refractivity contribution in [1.82, 2.24) is 4.90 Å². The van der Waals surface area contributed by atoms with Gasteiger partial charge in [-0.2, -0.15) is 0 Å². The average Bonchev–Trinajstić information content (AvgIpc) is 3.52. The second-order valence-corrected chi connectivity index (χ2v) is 13.3. The van der Waals surface area contributed by atoms with Crippen molar-refractivity contribution in [2.24, 2.45) is 23.7 Å². The Morgan fingerprint density at radius 3 is 2.67 bits per heavy atom. The highest BCUT2D eigenvalue weighted by molar-refractivity contribution is 8.02. The van der Waals surface area contributed by atoms with Crippen molar-refractivity contribution in [1.29, 1.82) is 0 Å². The van der Waals surface area contributed by atoms with Gasteiger partial charge in [-0.3, -0.25) is 14.4 Å². The fourth-order valence-electron chi connectivity index (χ4n) is 7.05. The van der Waals surface area contributed by atoms with E-state index in [2.05, 4.69) is 20.1 Å². The third-order valence-electron chi connectivity index (χ3n) is 9.14. The van der Waals surface area contributed by atoms with Gasteiger partial charge in [0.25, 0.3) is 5.91 Å². The molecule has 7 nitrogen and oxygen atoms in total. The highest BCUT2D eigenvalue weighted by Gasteiger charge is 2.77. The third-order valence-corrected chi connectivity index (χ3v) is 11.5. The lowest BCUT2D eigenvalue weighted by atomic mass is 9.66. The van der Waals surface area contributed by atoms with Crippen LogP contribution in [-0.2, 0) is 19.1 Å². The van der Waals surface area contributed by atoms with Gasteiger partial charge in [0.15, 0.2) is 0 Å². The number of hydrogen-bond donors (Lipinski definition) is 1. The van der Waals surface area contributed by atoms with E-state index in [0.29, 0.717) is 30.0 Å². The van der Waals surface area contributed by atoms with Gasteiger partial charge in [0.05, 0.1) is 46.5 Å². The summed E-state index contributed by atoms with van der Waals surface area (Å²) in [6.45, 7) is 15.7. The summed E-state index contributed by atoms with van der Waals surface area (Å²) in [7, 11) is 0. The fourth-order valence-corrected chi connectivity index (χ4v) is 9.76. The van der Waals surface area contributed by atoms with Gasteiger partial charge in [0.1, 0.15) is 6.04 Å². The Balaban J connectivity index is 1.87. The van der Waals surface area contributed by atoms with Gasteiger partial charge in [-0.25, -0.2) is 0 Å². The second kappa shape index (κ2) is 12.3. The van der Waals surface area contributed by atoms with Gasteiger partial charge in [0.2, 0.25) is 5.91 Å². The zero-order chi connectivity index (χ0) is 29.4. The number of ether oxygens (including phenoxy) is 1. The Labute approximate surface area is 246 Å². The fraction of sp³-hybridized carbons (Fsp3) is 0.581. The minimum Gasteiger partial charge on any atom is -0.465 e. The molecule has 9 heteroatoms. The van der Waals surface area contributed by atoms with Crippen molar-refractivity contribution >= 4 is 46.8 Å². The minimum atomic E-state index is -0.886. The van der Waals surface area contributed by atoms with E-state index in [1.807, 2.05) is 32.9 Å². The third kappa shape index (κ3) is 4.80. The summed E-state index contributed by atoms with van der Waals surface area (Å²) in [6.07, 6.45) is 5.28. The molecule has 2 bridgehead atoms. The zero-order valence-corrected chi connectivity index (χ0v) is 25.4. The minimum absolute atomic E-state index is 0.0122. The van der Waals surface area contributed by atoms with Crippen LogP contribution in [-0.4, -0.2) is 69.6 Å². The van der Waals surface area contributed by atoms with Crippen LogP contribution >= 0.6 is 23.4 Å². The number of hydrogen-bond acceptors (Lipinski definition) is 6. The maximum Gasteiger partial charge on any atom is 0.310 e. The molecule has 3 fully saturated rings. The number of fused-ring (bicyclic) bond motifs is 1. The molecule has 1 N–H and O–H groups in total. The molecule has 2 amide bonds. The van der Waals surface area contributed by atoms with Crippen LogP contribution in [0.3, 0.4) is 0 Å². The number of thioether (sulfide) groups is 1. The molecule has 3 aliphatic heterocycles. The van der Waals surface area contributed by atoms with Gasteiger partial charge in [-0.05, 0) is 43.2 Å². The van der Waals surface area contributed by atoms with Crippen LogP contribution in [0.15, 0.2) is 43.5 Å². The highest BCUT2D eigenvalue weighted by Crippen LogP contribution is 2.69. The Bertz CT molecular complexity index is 1160. The molecular formula is C31H41ClN2O5S. The van der Waals surface area contributed by atoms with Crippen LogP contribution < -0.4 is 4.90 Å². The first-order chi connectivity index (χ1) is 19.1. The maximum absolute atomic E-state index is 14.9. The molecule has 0 radical (unpaired) electrons. The first-order valence-corrected chi connectivity index (χ1v) is 15.4. The van der Waals surface area contributed by atoms with E-state index in [9.17, 15) is 19.5 Å². The quantitative estimate of drug-likeness (QED) is 0.209. The Hall–Kier alpha value is -2.29. The van der Waals surface area contributed by atoms with Gasteiger partial charge in [-0.15, -0.1) is 24.9 Å². The number of anilines is 1. The van der Waals surface area contributed by atoms with Crippen LogP contribution in [0.2, 0.25) is 5.02 Å². The molecule has 0 aliphatic carbocycles. The van der Waals surface area contributed by atoms with E-state index in [4.69, 9.17) is 16.3 Å². The molecule has 3 unspecified atom stereocenters. The van der Waals surface area contributed by atoms with E-state index < -0.39 is 34.6 Å². The van der Waals surface area contributed by atoms with Crippen molar-refractivity contribution in [2.75, 3.05) is 24.7 Å². The van der Waals surface area contributed by atoms with Gasteiger partial charge < -0.3 is 19.6 Å².